The van der Waals surface area contributed by atoms with E-state index in [2.05, 4.69) is 20.6 Å². The number of para-hydroxylation sites is 1. The van der Waals surface area contributed by atoms with Crippen LogP contribution in [0.3, 0.4) is 0 Å². The topological polar surface area (TPSA) is 103 Å². The Morgan fingerprint density at radius 3 is 2.41 bits per heavy atom. The van der Waals surface area contributed by atoms with Gasteiger partial charge in [-0.3, -0.25) is 9.59 Å². The zero-order valence-corrected chi connectivity index (χ0v) is 20.4. The average Bonchev–Trinajstić information content (AvgIpc) is 3.56. The highest BCUT2D eigenvalue weighted by Crippen LogP contribution is 2.33. The Bertz CT molecular complexity index is 1550. The lowest BCUT2D eigenvalue weighted by Crippen LogP contribution is -2.14. The van der Waals surface area contributed by atoms with E-state index in [4.69, 9.17) is 4.42 Å². The van der Waals surface area contributed by atoms with Crippen LogP contribution >= 0.6 is 11.8 Å². The Kier molecular flexibility index (Phi) is 6.91. The van der Waals surface area contributed by atoms with Gasteiger partial charge in [-0.25, -0.2) is 9.07 Å². The van der Waals surface area contributed by atoms with Gasteiger partial charge < -0.3 is 9.73 Å². The maximum atomic E-state index is 13.5. The molecule has 0 aliphatic heterocycles. The Labute approximate surface area is 215 Å². The highest BCUT2D eigenvalue weighted by Gasteiger charge is 2.20. The van der Waals surface area contributed by atoms with Crippen LogP contribution < -0.4 is 5.32 Å². The number of halogens is 1. The molecule has 37 heavy (non-hydrogen) atoms. The third kappa shape index (κ3) is 5.65. The van der Waals surface area contributed by atoms with Crippen molar-refractivity contribution < 1.29 is 18.4 Å². The van der Waals surface area contributed by atoms with E-state index >= 15 is 0 Å². The number of amides is 1. The number of carbonyl (C=O) groups excluding carboxylic acids is 2. The molecule has 0 aliphatic carbocycles. The quantitative estimate of drug-likeness (QED) is 0.211. The summed E-state index contributed by atoms with van der Waals surface area (Å²) in [7, 11) is 0. The van der Waals surface area contributed by atoms with Crippen molar-refractivity contribution in [1.29, 1.82) is 0 Å². The lowest BCUT2D eigenvalue weighted by molar-refractivity contribution is -0.113. The molecule has 0 aliphatic rings. The van der Waals surface area contributed by atoms with Gasteiger partial charge in [0.2, 0.25) is 5.91 Å². The second-order valence-corrected chi connectivity index (χ2v) is 8.95. The zero-order valence-electron chi connectivity index (χ0n) is 19.6. The minimum atomic E-state index is -0.350. The van der Waals surface area contributed by atoms with Crippen LogP contribution in [0.25, 0.3) is 28.4 Å². The van der Waals surface area contributed by atoms with Crippen LogP contribution in [-0.2, 0) is 4.79 Å². The number of ketones is 1. The largest absolute Gasteiger partial charge is 0.411 e. The number of carbonyl (C=O) groups is 2. The molecule has 0 spiro atoms. The summed E-state index contributed by atoms with van der Waals surface area (Å²) in [6.45, 7) is 1.48. The van der Waals surface area contributed by atoms with Crippen molar-refractivity contribution in [2.24, 2.45) is 0 Å². The molecule has 5 aromatic rings. The highest BCUT2D eigenvalue weighted by atomic mass is 32.2. The van der Waals surface area contributed by atoms with Crippen LogP contribution in [0.15, 0.2) is 94.7 Å². The summed E-state index contributed by atoms with van der Waals surface area (Å²) in [5.74, 6) is -0.382. The smallest absolute Gasteiger partial charge is 0.277 e. The first-order valence-corrected chi connectivity index (χ1v) is 12.2. The second kappa shape index (κ2) is 10.6. The normalized spacial score (nSPS) is 10.9. The van der Waals surface area contributed by atoms with E-state index in [1.54, 1.807) is 47.3 Å². The first kappa shape index (κ1) is 24.1. The van der Waals surface area contributed by atoms with Gasteiger partial charge in [0.25, 0.3) is 11.1 Å². The molecule has 0 saturated heterocycles. The van der Waals surface area contributed by atoms with Crippen molar-refractivity contribution in [3.63, 3.8) is 0 Å². The predicted molar refractivity (Wildman–Crippen MR) is 138 cm³/mol. The Morgan fingerprint density at radius 2 is 1.70 bits per heavy atom. The second-order valence-electron chi connectivity index (χ2n) is 8.02. The highest BCUT2D eigenvalue weighted by molar-refractivity contribution is 7.99. The number of nitrogens with zero attached hydrogens (tertiary/aromatic N) is 4. The van der Waals surface area contributed by atoms with Crippen LogP contribution in [0.4, 0.5) is 10.1 Å². The summed E-state index contributed by atoms with van der Waals surface area (Å²) in [6, 6.07) is 22.2. The van der Waals surface area contributed by atoms with Gasteiger partial charge >= 0.3 is 0 Å². The zero-order chi connectivity index (χ0) is 25.8. The Hall–Kier alpha value is -4.57. The van der Waals surface area contributed by atoms with Crippen molar-refractivity contribution in [2.45, 2.75) is 12.1 Å². The van der Waals surface area contributed by atoms with Gasteiger partial charge in [0.05, 0.1) is 17.0 Å². The van der Waals surface area contributed by atoms with Crippen LogP contribution in [0.5, 0.6) is 0 Å². The first-order chi connectivity index (χ1) is 18.0. The van der Waals surface area contributed by atoms with Crippen molar-refractivity contribution >= 4 is 29.1 Å². The minimum Gasteiger partial charge on any atom is -0.411 e. The van der Waals surface area contributed by atoms with Gasteiger partial charge in [0.1, 0.15) is 11.5 Å². The maximum absolute atomic E-state index is 13.5. The fraction of sp³-hybridized carbons (Fsp3) is 0.0741. The van der Waals surface area contributed by atoms with Crippen LogP contribution in [0.2, 0.25) is 0 Å². The van der Waals surface area contributed by atoms with Crippen molar-refractivity contribution in [2.75, 3.05) is 11.1 Å². The minimum absolute atomic E-state index is 0.0440. The molecule has 0 atom stereocenters. The molecule has 0 bridgehead atoms. The number of anilines is 1. The molecule has 2 aromatic heterocycles. The Morgan fingerprint density at radius 1 is 0.973 bits per heavy atom. The fourth-order valence-corrected chi connectivity index (χ4v) is 4.12. The third-order valence-corrected chi connectivity index (χ3v) is 6.21. The molecule has 1 amide bonds. The molecule has 10 heteroatoms. The van der Waals surface area contributed by atoms with E-state index < -0.39 is 0 Å². The fourth-order valence-electron chi connectivity index (χ4n) is 3.55. The van der Waals surface area contributed by atoms with E-state index in [9.17, 15) is 14.0 Å². The summed E-state index contributed by atoms with van der Waals surface area (Å²) in [4.78, 5) is 23.8. The molecule has 5 rings (SSSR count). The number of hydrogen-bond acceptors (Lipinski definition) is 7. The van der Waals surface area contributed by atoms with Gasteiger partial charge in [-0.05, 0) is 67.6 Å². The number of Topliss-reactive ketones (excluding diaryl/α,β-unsaturated/α-hetero) is 1. The van der Waals surface area contributed by atoms with Gasteiger partial charge in [-0.2, -0.15) is 5.10 Å². The number of thioether (sulfide) groups is 1. The van der Waals surface area contributed by atoms with Crippen molar-refractivity contribution in [1.82, 2.24) is 20.0 Å². The number of hydrogen-bond donors (Lipinski definition) is 1. The molecule has 184 valence electrons. The molecule has 2 heterocycles. The lowest BCUT2D eigenvalue weighted by Gasteiger charge is -2.04. The molecule has 0 fully saturated rings. The third-order valence-electron chi connectivity index (χ3n) is 5.39. The molecular weight excluding hydrogens is 493 g/mol. The average molecular weight is 514 g/mol. The molecule has 3 aromatic carbocycles. The monoisotopic (exact) mass is 513 g/mol. The van der Waals surface area contributed by atoms with Crippen molar-refractivity contribution in [3.8, 4) is 28.4 Å². The summed E-state index contributed by atoms with van der Waals surface area (Å²) in [6.07, 6.45) is 1.77. The van der Waals surface area contributed by atoms with E-state index in [-0.39, 0.29) is 34.4 Å². The van der Waals surface area contributed by atoms with Crippen LogP contribution in [0.1, 0.15) is 17.3 Å². The SMILES string of the molecule is CC(=O)c1ccc(NC(=O)CSc2nnc(-c3cn(-c4ccccc4)nc3-c3ccc(F)cc3)o2)cc1. The molecule has 0 radical (unpaired) electrons. The maximum Gasteiger partial charge on any atom is 0.277 e. The van der Waals surface area contributed by atoms with Crippen molar-refractivity contribution in [3.05, 3.63) is 96.4 Å². The van der Waals surface area contributed by atoms with Gasteiger partial charge in [-0.15, -0.1) is 10.2 Å². The molecule has 0 unspecified atom stereocenters. The van der Waals surface area contributed by atoms with E-state index in [1.807, 2.05) is 30.3 Å². The summed E-state index contributed by atoms with van der Waals surface area (Å²) < 4.78 is 21.1. The van der Waals surface area contributed by atoms with E-state index in [0.29, 0.717) is 28.1 Å². The molecule has 1 N–H and O–H groups in total. The summed E-state index contributed by atoms with van der Waals surface area (Å²) >= 11 is 1.09. The van der Waals surface area contributed by atoms with Crippen LogP contribution in [-0.4, -0.2) is 37.4 Å². The number of aromatic nitrogens is 4. The Balaban J connectivity index is 1.33. The standard InChI is InChI=1S/C27H20FN5O3S/c1-17(34)18-9-13-21(14-10-18)29-24(35)16-37-27-31-30-26(36-27)23-15-33(22-5-3-2-4-6-22)32-25(23)19-7-11-20(28)12-8-19/h2-15H,16H2,1H3,(H,29,35). The van der Waals surface area contributed by atoms with E-state index in [0.717, 1.165) is 17.4 Å². The summed E-state index contributed by atoms with van der Waals surface area (Å²) in [5.41, 5.74) is 3.80. The lowest BCUT2D eigenvalue weighted by atomic mass is 10.1. The van der Waals surface area contributed by atoms with Gasteiger partial charge in [-0.1, -0.05) is 30.0 Å². The number of nitrogens with one attached hydrogen (secondary N) is 1. The molecule has 0 saturated carbocycles. The number of benzene rings is 3. The van der Waals surface area contributed by atoms with Gasteiger partial charge in [0.15, 0.2) is 5.78 Å². The summed E-state index contributed by atoms with van der Waals surface area (Å²) in [5, 5.41) is 15.9. The molecule has 8 nitrogen and oxygen atoms in total. The van der Waals surface area contributed by atoms with E-state index in [1.165, 1.54) is 19.1 Å². The number of rotatable bonds is 8. The molecular formula is C27H20FN5O3S. The first-order valence-electron chi connectivity index (χ1n) is 11.2. The van der Waals surface area contributed by atoms with Crippen LogP contribution in [0, 0.1) is 5.82 Å². The predicted octanol–water partition coefficient (Wildman–Crippen LogP) is 5.66. The van der Waals surface area contributed by atoms with Gasteiger partial charge in [0, 0.05) is 23.0 Å².